The molecule has 124 valence electrons. The minimum atomic E-state index is -0.202. The number of amides is 1. The number of nitrogens with zero attached hydrogens (tertiary/aromatic N) is 3. The highest BCUT2D eigenvalue weighted by molar-refractivity contribution is 5.76. The SMILES string of the molecule is O=C(CCc1nnc2ccccn2c1=O)NC[C@H]1C[C@H]2C=C[C@H]1C2. The van der Waals surface area contributed by atoms with Gasteiger partial charge in [-0.1, -0.05) is 18.2 Å². The summed E-state index contributed by atoms with van der Waals surface area (Å²) in [6, 6.07) is 5.31. The summed E-state index contributed by atoms with van der Waals surface area (Å²) in [7, 11) is 0. The molecule has 2 aliphatic rings. The van der Waals surface area contributed by atoms with Crippen LogP contribution in [0.3, 0.4) is 0 Å². The average molecular weight is 324 g/mol. The van der Waals surface area contributed by atoms with Gasteiger partial charge in [-0.15, -0.1) is 10.2 Å². The van der Waals surface area contributed by atoms with E-state index in [1.165, 1.54) is 17.2 Å². The van der Waals surface area contributed by atoms with E-state index < -0.39 is 0 Å². The van der Waals surface area contributed by atoms with Crippen LogP contribution in [0.25, 0.3) is 5.65 Å². The fraction of sp³-hybridized carbons (Fsp3) is 0.444. The maximum atomic E-state index is 12.3. The van der Waals surface area contributed by atoms with E-state index in [9.17, 15) is 9.59 Å². The fourth-order valence-corrected chi connectivity index (χ4v) is 3.83. The Labute approximate surface area is 139 Å². The van der Waals surface area contributed by atoms with Crippen LogP contribution in [0.2, 0.25) is 0 Å². The number of aryl methyl sites for hydroxylation is 1. The van der Waals surface area contributed by atoms with Gasteiger partial charge in [-0.2, -0.15) is 0 Å². The summed E-state index contributed by atoms with van der Waals surface area (Å²) in [6.07, 6.45) is 9.25. The van der Waals surface area contributed by atoms with Gasteiger partial charge in [0.15, 0.2) is 5.65 Å². The van der Waals surface area contributed by atoms with Crippen molar-refractivity contribution in [3.05, 3.63) is 52.6 Å². The Kier molecular flexibility index (Phi) is 3.88. The summed E-state index contributed by atoms with van der Waals surface area (Å²) in [4.78, 5) is 24.4. The van der Waals surface area contributed by atoms with E-state index in [1.807, 2.05) is 0 Å². The lowest BCUT2D eigenvalue weighted by molar-refractivity contribution is -0.121. The number of carbonyl (C=O) groups is 1. The molecule has 0 aliphatic heterocycles. The largest absolute Gasteiger partial charge is 0.356 e. The lowest BCUT2D eigenvalue weighted by Crippen LogP contribution is -2.31. The van der Waals surface area contributed by atoms with Crippen molar-refractivity contribution in [1.29, 1.82) is 0 Å². The second-order valence-electron chi connectivity index (χ2n) is 6.73. The molecule has 4 rings (SSSR count). The van der Waals surface area contributed by atoms with E-state index in [2.05, 4.69) is 27.7 Å². The standard InChI is InChI=1S/C18H20N4O2/c23-17(19-11-14-10-12-4-5-13(14)9-12)7-6-15-18(24)22-8-2-1-3-16(22)21-20-15/h1-5,8,12-14H,6-7,9-11H2,(H,19,23)/t12-,13-,14+/m0/s1. The first kappa shape index (κ1) is 15.1. The number of pyridine rings is 1. The third-order valence-corrected chi connectivity index (χ3v) is 5.14. The summed E-state index contributed by atoms with van der Waals surface area (Å²) in [5.41, 5.74) is 0.642. The van der Waals surface area contributed by atoms with Gasteiger partial charge in [0.05, 0.1) is 0 Å². The molecule has 2 bridgehead atoms. The minimum absolute atomic E-state index is 0.0267. The summed E-state index contributed by atoms with van der Waals surface area (Å²) in [6.45, 7) is 0.729. The van der Waals surface area contributed by atoms with Gasteiger partial charge in [-0.05, 0) is 42.7 Å². The molecule has 1 N–H and O–H groups in total. The molecule has 2 aromatic heterocycles. The molecule has 0 spiro atoms. The molecule has 0 radical (unpaired) electrons. The molecule has 6 heteroatoms. The Hall–Kier alpha value is -2.50. The normalized spacial score (nSPS) is 24.6. The van der Waals surface area contributed by atoms with Gasteiger partial charge in [0.2, 0.25) is 5.91 Å². The molecule has 2 aliphatic carbocycles. The smallest absolute Gasteiger partial charge is 0.279 e. The third-order valence-electron chi connectivity index (χ3n) is 5.14. The number of aromatic nitrogens is 3. The number of rotatable bonds is 5. The van der Waals surface area contributed by atoms with Gasteiger partial charge in [-0.3, -0.25) is 14.0 Å². The maximum absolute atomic E-state index is 12.3. The van der Waals surface area contributed by atoms with Crippen molar-refractivity contribution in [2.45, 2.75) is 25.7 Å². The van der Waals surface area contributed by atoms with Crippen molar-refractivity contribution >= 4 is 11.6 Å². The Morgan fingerprint density at radius 1 is 1.25 bits per heavy atom. The summed E-state index contributed by atoms with van der Waals surface area (Å²) in [5.74, 6) is 1.88. The van der Waals surface area contributed by atoms with E-state index in [-0.39, 0.29) is 17.9 Å². The Morgan fingerprint density at radius 2 is 2.17 bits per heavy atom. The fourth-order valence-electron chi connectivity index (χ4n) is 3.83. The van der Waals surface area contributed by atoms with Crippen molar-refractivity contribution in [2.24, 2.45) is 17.8 Å². The predicted octanol–water partition coefficient (Wildman–Crippen LogP) is 1.35. The molecular formula is C18H20N4O2. The Balaban J connectivity index is 1.33. The third kappa shape index (κ3) is 2.84. The molecule has 1 saturated carbocycles. The van der Waals surface area contributed by atoms with Crippen molar-refractivity contribution in [3.63, 3.8) is 0 Å². The zero-order valence-electron chi connectivity index (χ0n) is 13.4. The Bertz CT molecular complexity index is 857. The van der Waals surface area contributed by atoms with Crippen molar-refractivity contribution in [3.8, 4) is 0 Å². The van der Waals surface area contributed by atoms with E-state index in [1.54, 1.807) is 24.4 Å². The van der Waals surface area contributed by atoms with Crippen LogP contribution >= 0.6 is 0 Å². The van der Waals surface area contributed by atoms with Gasteiger partial charge in [0, 0.05) is 25.6 Å². The zero-order chi connectivity index (χ0) is 16.5. The highest BCUT2D eigenvalue weighted by atomic mass is 16.1. The molecule has 2 heterocycles. The van der Waals surface area contributed by atoms with E-state index in [0.717, 1.165) is 6.54 Å². The number of hydrogen-bond donors (Lipinski definition) is 1. The molecule has 6 nitrogen and oxygen atoms in total. The van der Waals surface area contributed by atoms with E-state index in [4.69, 9.17) is 0 Å². The van der Waals surface area contributed by atoms with Crippen LogP contribution in [0.15, 0.2) is 41.3 Å². The first-order valence-electron chi connectivity index (χ1n) is 8.48. The number of carbonyl (C=O) groups excluding carboxylic acids is 1. The monoisotopic (exact) mass is 324 g/mol. The maximum Gasteiger partial charge on any atom is 0.279 e. The molecule has 0 aromatic carbocycles. The molecule has 1 amide bonds. The van der Waals surface area contributed by atoms with Gasteiger partial charge in [0.25, 0.3) is 5.56 Å². The van der Waals surface area contributed by atoms with Crippen LogP contribution in [0, 0.1) is 17.8 Å². The topological polar surface area (TPSA) is 76.4 Å². The quantitative estimate of drug-likeness (QED) is 0.842. The number of fused-ring (bicyclic) bond motifs is 3. The molecule has 0 saturated heterocycles. The average Bonchev–Trinajstić information content (AvgIpc) is 3.22. The van der Waals surface area contributed by atoms with Crippen LogP contribution < -0.4 is 10.9 Å². The van der Waals surface area contributed by atoms with E-state index in [0.29, 0.717) is 35.5 Å². The number of hydrogen-bond acceptors (Lipinski definition) is 4. The van der Waals surface area contributed by atoms with Crippen LogP contribution in [-0.4, -0.2) is 27.0 Å². The predicted molar refractivity (Wildman–Crippen MR) is 89.4 cm³/mol. The lowest BCUT2D eigenvalue weighted by atomic mass is 9.93. The summed E-state index contributed by atoms with van der Waals surface area (Å²) >= 11 is 0. The lowest BCUT2D eigenvalue weighted by Gasteiger charge is -2.18. The molecule has 24 heavy (non-hydrogen) atoms. The summed E-state index contributed by atoms with van der Waals surface area (Å²) in [5, 5.41) is 11.0. The second-order valence-corrected chi connectivity index (χ2v) is 6.73. The summed E-state index contributed by atoms with van der Waals surface area (Å²) < 4.78 is 1.46. The van der Waals surface area contributed by atoms with Gasteiger partial charge >= 0.3 is 0 Å². The Morgan fingerprint density at radius 3 is 2.96 bits per heavy atom. The van der Waals surface area contributed by atoms with Crippen molar-refractivity contribution in [1.82, 2.24) is 19.9 Å². The van der Waals surface area contributed by atoms with Crippen molar-refractivity contribution in [2.75, 3.05) is 6.54 Å². The van der Waals surface area contributed by atoms with Gasteiger partial charge in [0.1, 0.15) is 5.69 Å². The number of allylic oxidation sites excluding steroid dienone is 2. The van der Waals surface area contributed by atoms with Crippen LogP contribution in [0.4, 0.5) is 0 Å². The molecule has 1 fully saturated rings. The molecule has 0 unspecified atom stereocenters. The van der Waals surface area contributed by atoms with Gasteiger partial charge < -0.3 is 5.32 Å². The van der Waals surface area contributed by atoms with Gasteiger partial charge in [-0.25, -0.2) is 0 Å². The highest BCUT2D eigenvalue weighted by Crippen LogP contribution is 2.42. The molecule has 3 atom stereocenters. The highest BCUT2D eigenvalue weighted by Gasteiger charge is 2.35. The first-order chi connectivity index (χ1) is 11.7. The number of nitrogens with one attached hydrogen (secondary N) is 1. The first-order valence-corrected chi connectivity index (χ1v) is 8.48. The van der Waals surface area contributed by atoms with Crippen LogP contribution in [0.1, 0.15) is 25.0 Å². The van der Waals surface area contributed by atoms with Crippen molar-refractivity contribution < 1.29 is 4.79 Å². The van der Waals surface area contributed by atoms with E-state index >= 15 is 0 Å². The van der Waals surface area contributed by atoms with Crippen LogP contribution in [0.5, 0.6) is 0 Å². The minimum Gasteiger partial charge on any atom is -0.356 e. The second kappa shape index (κ2) is 6.19. The molecule has 2 aromatic rings. The molecular weight excluding hydrogens is 304 g/mol. The zero-order valence-corrected chi connectivity index (χ0v) is 13.4. The van der Waals surface area contributed by atoms with Crippen LogP contribution in [-0.2, 0) is 11.2 Å².